The van der Waals surface area contributed by atoms with Crippen molar-refractivity contribution in [3.05, 3.63) is 35.6 Å². The fraction of sp³-hybridized carbons (Fsp3) is 0.588. The lowest BCUT2D eigenvalue weighted by Crippen LogP contribution is -2.39. The molecule has 0 heterocycles. The second kappa shape index (κ2) is 8.46. The summed E-state index contributed by atoms with van der Waals surface area (Å²) < 4.78 is 36.8. The molecule has 1 aromatic rings. The Labute approximate surface area is 144 Å². The Kier molecular flexibility index (Phi) is 7.20. The lowest BCUT2D eigenvalue weighted by molar-refractivity contribution is 0.475. The van der Waals surface area contributed by atoms with E-state index in [-0.39, 0.29) is 18.1 Å². The van der Waals surface area contributed by atoms with Gasteiger partial charge < -0.3 is 10.2 Å². The summed E-state index contributed by atoms with van der Waals surface area (Å²) in [5.74, 6) is 0.323. The van der Waals surface area contributed by atoms with Crippen LogP contribution in [-0.2, 0) is 16.4 Å². The van der Waals surface area contributed by atoms with Crippen LogP contribution >= 0.6 is 0 Å². The van der Waals surface area contributed by atoms with Gasteiger partial charge >= 0.3 is 0 Å². The smallest absolute Gasteiger partial charge is 0.193 e. The average molecular weight is 357 g/mol. The summed E-state index contributed by atoms with van der Waals surface area (Å²) in [5, 5.41) is 3.13. The molecule has 1 N–H and O–H groups in total. The van der Waals surface area contributed by atoms with Gasteiger partial charge in [0.25, 0.3) is 0 Å². The summed E-state index contributed by atoms with van der Waals surface area (Å²) in [5.41, 5.74) is 0.824. The maximum absolute atomic E-state index is 13.3. The summed E-state index contributed by atoms with van der Waals surface area (Å²) in [6, 6.07) is 6.38. The van der Waals surface area contributed by atoms with E-state index in [1.54, 1.807) is 26.8 Å². The molecule has 136 valence electrons. The minimum Gasteiger partial charge on any atom is -0.357 e. The molecular weight excluding hydrogens is 329 g/mol. The number of halogens is 1. The number of aliphatic imine (C=N–C) groups is 1. The summed E-state index contributed by atoms with van der Waals surface area (Å²) in [6.07, 6.45) is 0. The largest absolute Gasteiger partial charge is 0.357 e. The van der Waals surface area contributed by atoms with Crippen molar-refractivity contribution in [2.75, 3.05) is 25.9 Å². The number of rotatable bonds is 6. The number of guanidine groups is 1. The molecule has 0 aliphatic heterocycles. The van der Waals surface area contributed by atoms with Crippen LogP contribution in [0, 0.1) is 5.82 Å². The zero-order chi connectivity index (χ0) is 18.4. The lowest BCUT2D eigenvalue weighted by atomic mass is 10.2. The van der Waals surface area contributed by atoms with Crippen molar-refractivity contribution in [3.8, 4) is 0 Å². The van der Waals surface area contributed by atoms with E-state index < -0.39 is 14.6 Å². The van der Waals surface area contributed by atoms with Gasteiger partial charge in [0.1, 0.15) is 5.82 Å². The van der Waals surface area contributed by atoms with E-state index in [0.29, 0.717) is 19.0 Å². The number of hydrogen-bond donors (Lipinski definition) is 1. The molecule has 0 spiro atoms. The monoisotopic (exact) mass is 357 g/mol. The van der Waals surface area contributed by atoms with Crippen LogP contribution in [0.3, 0.4) is 0 Å². The SMILES string of the molecule is CCNC(=NCCS(=O)(=O)C(C)(C)C)N(C)Cc1cccc(F)c1. The van der Waals surface area contributed by atoms with Gasteiger partial charge in [0, 0.05) is 20.1 Å². The molecule has 7 heteroatoms. The van der Waals surface area contributed by atoms with Gasteiger partial charge in [0.05, 0.1) is 17.0 Å². The van der Waals surface area contributed by atoms with Crippen LogP contribution in [0.1, 0.15) is 33.3 Å². The van der Waals surface area contributed by atoms with E-state index in [9.17, 15) is 12.8 Å². The Morgan fingerprint density at radius 3 is 2.54 bits per heavy atom. The van der Waals surface area contributed by atoms with Gasteiger partial charge in [-0.25, -0.2) is 12.8 Å². The van der Waals surface area contributed by atoms with Crippen molar-refractivity contribution in [3.63, 3.8) is 0 Å². The van der Waals surface area contributed by atoms with Gasteiger partial charge in [-0.05, 0) is 45.4 Å². The highest BCUT2D eigenvalue weighted by atomic mass is 32.2. The first-order valence-electron chi connectivity index (χ1n) is 8.03. The Morgan fingerprint density at radius 2 is 2.00 bits per heavy atom. The molecule has 0 aliphatic carbocycles. The molecule has 0 radical (unpaired) electrons. The van der Waals surface area contributed by atoms with Crippen LogP contribution in [0.4, 0.5) is 4.39 Å². The van der Waals surface area contributed by atoms with Gasteiger partial charge in [-0.15, -0.1) is 0 Å². The molecule has 0 aliphatic rings. The standard InChI is InChI=1S/C17H28FN3O2S/c1-6-19-16(20-10-11-24(22,23)17(2,3)4)21(5)13-14-8-7-9-15(18)12-14/h7-9,12H,6,10-11,13H2,1-5H3,(H,19,20). The first kappa shape index (κ1) is 20.4. The first-order chi connectivity index (χ1) is 11.1. The Bertz CT molecular complexity index is 667. The number of benzene rings is 1. The topological polar surface area (TPSA) is 61.8 Å². The van der Waals surface area contributed by atoms with E-state index in [1.165, 1.54) is 12.1 Å². The molecule has 0 saturated heterocycles. The van der Waals surface area contributed by atoms with Crippen molar-refractivity contribution < 1.29 is 12.8 Å². The normalized spacial score (nSPS) is 13.0. The molecule has 0 aromatic heterocycles. The van der Waals surface area contributed by atoms with Crippen molar-refractivity contribution in [1.82, 2.24) is 10.2 Å². The molecule has 0 fully saturated rings. The van der Waals surface area contributed by atoms with Gasteiger partial charge in [0.15, 0.2) is 15.8 Å². The first-order valence-corrected chi connectivity index (χ1v) is 9.68. The highest BCUT2D eigenvalue weighted by Crippen LogP contribution is 2.15. The van der Waals surface area contributed by atoms with Crippen LogP contribution < -0.4 is 5.32 Å². The zero-order valence-electron chi connectivity index (χ0n) is 15.1. The molecule has 0 saturated carbocycles. The quantitative estimate of drug-likeness (QED) is 0.627. The molecule has 0 atom stereocenters. The molecule has 5 nitrogen and oxygen atoms in total. The highest BCUT2D eigenvalue weighted by molar-refractivity contribution is 7.92. The summed E-state index contributed by atoms with van der Waals surface area (Å²) >= 11 is 0. The molecule has 0 amide bonds. The Morgan fingerprint density at radius 1 is 1.33 bits per heavy atom. The van der Waals surface area contributed by atoms with Crippen LogP contribution in [0.15, 0.2) is 29.3 Å². The van der Waals surface area contributed by atoms with E-state index in [1.807, 2.05) is 24.9 Å². The van der Waals surface area contributed by atoms with Gasteiger partial charge in [-0.2, -0.15) is 0 Å². The predicted molar refractivity (Wildman–Crippen MR) is 97.4 cm³/mol. The van der Waals surface area contributed by atoms with Crippen LogP contribution in [0.25, 0.3) is 0 Å². The predicted octanol–water partition coefficient (Wildman–Crippen LogP) is 2.44. The molecule has 1 aromatic carbocycles. The molecule has 24 heavy (non-hydrogen) atoms. The van der Waals surface area contributed by atoms with E-state index >= 15 is 0 Å². The van der Waals surface area contributed by atoms with Crippen molar-refractivity contribution in [2.45, 2.75) is 39.0 Å². The molecule has 0 bridgehead atoms. The number of sulfone groups is 1. The number of hydrogen-bond acceptors (Lipinski definition) is 3. The number of nitrogens with zero attached hydrogens (tertiary/aromatic N) is 2. The lowest BCUT2D eigenvalue weighted by Gasteiger charge is -2.23. The Balaban J connectivity index is 2.78. The third kappa shape index (κ3) is 6.11. The maximum Gasteiger partial charge on any atom is 0.193 e. The highest BCUT2D eigenvalue weighted by Gasteiger charge is 2.28. The van der Waals surface area contributed by atoms with E-state index in [4.69, 9.17) is 0 Å². The summed E-state index contributed by atoms with van der Waals surface area (Å²) in [6.45, 7) is 8.34. The number of nitrogens with one attached hydrogen (secondary N) is 1. The zero-order valence-corrected chi connectivity index (χ0v) is 16.0. The van der Waals surface area contributed by atoms with Gasteiger partial charge in [-0.3, -0.25) is 4.99 Å². The van der Waals surface area contributed by atoms with Gasteiger partial charge in [-0.1, -0.05) is 12.1 Å². The maximum atomic E-state index is 13.3. The molecule has 1 rings (SSSR count). The van der Waals surface area contributed by atoms with E-state index in [0.717, 1.165) is 5.56 Å². The van der Waals surface area contributed by atoms with Gasteiger partial charge in [0.2, 0.25) is 0 Å². The minimum atomic E-state index is -3.20. The molecule has 0 unspecified atom stereocenters. The van der Waals surface area contributed by atoms with E-state index in [2.05, 4.69) is 10.3 Å². The van der Waals surface area contributed by atoms with Crippen molar-refractivity contribution in [2.24, 2.45) is 4.99 Å². The van der Waals surface area contributed by atoms with Crippen LogP contribution in [0.2, 0.25) is 0 Å². The van der Waals surface area contributed by atoms with Crippen LogP contribution in [0.5, 0.6) is 0 Å². The average Bonchev–Trinajstić information content (AvgIpc) is 2.45. The summed E-state index contributed by atoms with van der Waals surface area (Å²) in [4.78, 5) is 6.24. The minimum absolute atomic E-state index is 0.000794. The second-order valence-corrected chi connectivity index (χ2v) is 9.52. The van der Waals surface area contributed by atoms with Crippen molar-refractivity contribution >= 4 is 15.8 Å². The fourth-order valence-corrected chi connectivity index (χ4v) is 2.98. The molecular formula is C17H28FN3O2S. The third-order valence-electron chi connectivity index (χ3n) is 3.56. The Hall–Kier alpha value is -1.63. The fourth-order valence-electron chi connectivity index (χ4n) is 2.03. The van der Waals surface area contributed by atoms with Crippen LogP contribution in [-0.4, -0.2) is 49.9 Å². The van der Waals surface area contributed by atoms with Crippen molar-refractivity contribution in [1.29, 1.82) is 0 Å². The summed E-state index contributed by atoms with van der Waals surface area (Å²) in [7, 11) is -1.36. The third-order valence-corrected chi connectivity index (χ3v) is 6.15. The second-order valence-electron chi connectivity index (χ2n) is 6.65.